The summed E-state index contributed by atoms with van der Waals surface area (Å²) >= 11 is 0. The predicted octanol–water partition coefficient (Wildman–Crippen LogP) is 2.78. The van der Waals surface area contributed by atoms with Crippen LogP contribution in [0.25, 0.3) is 22.3 Å². The van der Waals surface area contributed by atoms with Gasteiger partial charge in [0.05, 0.1) is 30.6 Å². The van der Waals surface area contributed by atoms with Crippen LogP contribution in [0, 0.1) is 0 Å². The number of aromatic amines is 1. The average Bonchev–Trinajstić information content (AvgIpc) is 3.38. The number of aromatic nitrogens is 4. The van der Waals surface area contributed by atoms with Gasteiger partial charge in [0.1, 0.15) is 22.8 Å². The Labute approximate surface area is 151 Å². The summed E-state index contributed by atoms with van der Waals surface area (Å²) in [6.07, 6.45) is 4.98. The molecule has 0 saturated carbocycles. The van der Waals surface area contributed by atoms with Crippen LogP contribution in [0.5, 0.6) is 5.75 Å². The quantitative estimate of drug-likeness (QED) is 0.779. The molecule has 3 aromatic rings. The molecule has 26 heavy (non-hydrogen) atoms. The van der Waals surface area contributed by atoms with Crippen LogP contribution in [0.3, 0.4) is 0 Å². The highest BCUT2D eigenvalue weighted by Gasteiger charge is 2.40. The van der Waals surface area contributed by atoms with Crippen LogP contribution in [-0.4, -0.2) is 51.6 Å². The number of morpholine rings is 1. The van der Waals surface area contributed by atoms with Gasteiger partial charge in [-0.1, -0.05) is 0 Å². The number of nitrogens with zero attached hydrogens (tertiary/aromatic N) is 4. The summed E-state index contributed by atoms with van der Waals surface area (Å²) in [5, 5.41) is 8.01. The maximum atomic E-state index is 6.13. The van der Waals surface area contributed by atoms with Gasteiger partial charge in [-0.15, -0.1) is 0 Å². The molecule has 0 spiro atoms. The van der Waals surface area contributed by atoms with Gasteiger partial charge in [0.25, 0.3) is 0 Å². The molecule has 7 heteroatoms. The molecule has 2 bridgehead atoms. The molecule has 0 radical (unpaired) electrons. The fraction of sp³-hybridized carbons (Fsp3) is 0.421. The molecule has 7 nitrogen and oxygen atoms in total. The zero-order valence-corrected chi connectivity index (χ0v) is 14.8. The van der Waals surface area contributed by atoms with Gasteiger partial charge in [-0.3, -0.25) is 10.1 Å². The third-order valence-electron chi connectivity index (χ3n) is 4.99. The molecule has 2 aliphatic rings. The molecule has 2 saturated heterocycles. The van der Waals surface area contributed by atoms with Crippen LogP contribution < -0.4 is 9.64 Å². The van der Waals surface area contributed by atoms with E-state index in [0.717, 1.165) is 53.4 Å². The molecule has 2 aliphatic heterocycles. The molecule has 1 N–H and O–H groups in total. The Bertz CT molecular complexity index is 941. The Morgan fingerprint density at radius 2 is 2.23 bits per heavy atom. The number of anilines is 1. The summed E-state index contributed by atoms with van der Waals surface area (Å²) in [5.41, 5.74) is 2.46. The van der Waals surface area contributed by atoms with E-state index >= 15 is 0 Å². The van der Waals surface area contributed by atoms with Gasteiger partial charge in [-0.2, -0.15) is 5.10 Å². The first-order valence-electron chi connectivity index (χ1n) is 9.03. The van der Waals surface area contributed by atoms with E-state index in [1.807, 2.05) is 26.0 Å². The normalized spacial score (nSPS) is 21.9. The summed E-state index contributed by atoms with van der Waals surface area (Å²) in [5.74, 6) is 1.77. The van der Waals surface area contributed by atoms with Crippen LogP contribution >= 0.6 is 0 Å². The summed E-state index contributed by atoms with van der Waals surface area (Å²) in [4.78, 5) is 11.9. The largest absolute Gasteiger partial charge is 0.490 e. The maximum absolute atomic E-state index is 6.13. The number of hydrogen-bond donors (Lipinski definition) is 1. The van der Waals surface area contributed by atoms with Gasteiger partial charge < -0.3 is 14.4 Å². The molecule has 5 heterocycles. The number of rotatable bonds is 4. The second-order valence-corrected chi connectivity index (χ2v) is 7.17. The van der Waals surface area contributed by atoms with E-state index in [1.165, 1.54) is 0 Å². The van der Waals surface area contributed by atoms with Crippen molar-refractivity contribution in [2.75, 3.05) is 18.1 Å². The summed E-state index contributed by atoms with van der Waals surface area (Å²) < 4.78 is 11.9. The molecule has 0 amide bonds. The van der Waals surface area contributed by atoms with E-state index in [0.29, 0.717) is 12.1 Å². The van der Waals surface area contributed by atoms with E-state index in [4.69, 9.17) is 14.5 Å². The highest BCUT2D eigenvalue weighted by molar-refractivity contribution is 5.95. The number of nitrogens with one attached hydrogen (secondary N) is 1. The van der Waals surface area contributed by atoms with E-state index in [-0.39, 0.29) is 6.10 Å². The van der Waals surface area contributed by atoms with Crippen molar-refractivity contribution in [1.82, 2.24) is 20.2 Å². The number of H-pyrrole nitrogens is 1. The predicted molar refractivity (Wildman–Crippen MR) is 98.4 cm³/mol. The SMILES string of the molecule is CC(C)Oc1cc(N2C[C@@H]3C[C@H]2CO3)nc2c(-c3ccn[nH]3)nccc12. The van der Waals surface area contributed by atoms with Crippen molar-refractivity contribution in [2.24, 2.45) is 0 Å². The first-order valence-corrected chi connectivity index (χ1v) is 9.03. The van der Waals surface area contributed by atoms with Crippen LogP contribution in [0.2, 0.25) is 0 Å². The van der Waals surface area contributed by atoms with E-state index in [1.54, 1.807) is 12.4 Å². The Hall–Kier alpha value is -2.67. The van der Waals surface area contributed by atoms with Gasteiger partial charge in [-0.05, 0) is 32.4 Å². The number of hydrogen-bond acceptors (Lipinski definition) is 6. The van der Waals surface area contributed by atoms with Gasteiger partial charge in [0.15, 0.2) is 0 Å². The molecule has 2 atom stereocenters. The lowest BCUT2D eigenvalue weighted by molar-refractivity contribution is 0.0989. The molecule has 2 fully saturated rings. The molecule has 5 rings (SSSR count). The first-order chi connectivity index (χ1) is 12.7. The monoisotopic (exact) mass is 351 g/mol. The van der Waals surface area contributed by atoms with Crippen molar-refractivity contribution in [1.29, 1.82) is 0 Å². The fourth-order valence-electron chi connectivity index (χ4n) is 3.87. The van der Waals surface area contributed by atoms with Crippen LogP contribution in [0.1, 0.15) is 20.3 Å². The molecule has 0 unspecified atom stereocenters. The average molecular weight is 351 g/mol. The number of fused-ring (bicyclic) bond motifs is 3. The minimum Gasteiger partial charge on any atom is -0.490 e. The smallest absolute Gasteiger partial charge is 0.133 e. The van der Waals surface area contributed by atoms with Gasteiger partial charge >= 0.3 is 0 Å². The molecule has 3 aromatic heterocycles. The third kappa shape index (κ3) is 2.50. The Morgan fingerprint density at radius 3 is 2.92 bits per heavy atom. The minimum absolute atomic E-state index is 0.0792. The van der Waals surface area contributed by atoms with Crippen LogP contribution in [-0.2, 0) is 4.74 Å². The topological polar surface area (TPSA) is 76.2 Å². The summed E-state index contributed by atoms with van der Waals surface area (Å²) in [6, 6.07) is 6.32. The van der Waals surface area contributed by atoms with Crippen LogP contribution in [0.4, 0.5) is 5.82 Å². The fourth-order valence-corrected chi connectivity index (χ4v) is 3.87. The van der Waals surface area contributed by atoms with Crippen molar-refractivity contribution >= 4 is 16.7 Å². The lowest BCUT2D eigenvalue weighted by Gasteiger charge is -2.28. The van der Waals surface area contributed by atoms with E-state index in [2.05, 4.69) is 26.1 Å². The standard InChI is InChI=1S/C19H21N5O2/c1-11(2)26-16-8-17(24-9-13-7-12(24)10-25-13)22-18-14(16)3-5-20-19(18)15-4-6-21-23-15/h3-6,8,11-13H,7,9-10H2,1-2H3,(H,21,23)/t12-,13-/m0/s1. The van der Waals surface area contributed by atoms with Gasteiger partial charge in [-0.25, -0.2) is 4.98 Å². The zero-order valence-electron chi connectivity index (χ0n) is 14.8. The van der Waals surface area contributed by atoms with Crippen molar-refractivity contribution in [3.63, 3.8) is 0 Å². The van der Waals surface area contributed by atoms with E-state index < -0.39 is 0 Å². The lowest BCUT2D eigenvalue weighted by Crippen LogP contribution is -2.37. The van der Waals surface area contributed by atoms with Crippen molar-refractivity contribution < 1.29 is 9.47 Å². The molecule has 0 aromatic carbocycles. The lowest BCUT2D eigenvalue weighted by atomic mass is 10.1. The molecule has 134 valence electrons. The van der Waals surface area contributed by atoms with E-state index in [9.17, 15) is 0 Å². The highest BCUT2D eigenvalue weighted by Crippen LogP contribution is 2.37. The second-order valence-electron chi connectivity index (χ2n) is 7.17. The van der Waals surface area contributed by atoms with Gasteiger partial charge in [0, 0.05) is 30.4 Å². The molecular weight excluding hydrogens is 330 g/mol. The Morgan fingerprint density at radius 1 is 1.31 bits per heavy atom. The Kier molecular flexibility index (Phi) is 3.56. The number of ether oxygens (including phenoxy) is 2. The number of pyridine rings is 2. The molecule has 0 aliphatic carbocycles. The third-order valence-corrected chi connectivity index (χ3v) is 4.99. The van der Waals surface area contributed by atoms with Gasteiger partial charge in [0.2, 0.25) is 0 Å². The van der Waals surface area contributed by atoms with Crippen molar-refractivity contribution in [3.05, 3.63) is 30.6 Å². The summed E-state index contributed by atoms with van der Waals surface area (Å²) in [6.45, 7) is 5.72. The summed E-state index contributed by atoms with van der Waals surface area (Å²) in [7, 11) is 0. The highest BCUT2D eigenvalue weighted by atomic mass is 16.5. The maximum Gasteiger partial charge on any atom is 0.133 e. The minimum atomic E-state index is 0.0792. The first kappa shape index (κ1) is 15.6. The van der Waals surface area contributed by atoms with Crippen molar-refractivity contribution in [2.45, 2.75) is 38.5 Å². The molecular formula is C19H21N5O2. The second kappa shape index (κ2) is 5.95. The zero-order chi connectivity index (χ0) is 17.7. The van der Waals surface area contributed by atoms with Crippen molar-refractivity contribution in [3.8, 4) is 17.1 Å². The van der Waals surface area contributed by atoms with Crippen LogP contribution in [0.15, 0.2) is 30.6 Å². The Balaban J connectivity index is 1.70.